The average molecular weight is 361 g/mol. The van der Waals surface area contributed by atoms with Gasteiger partial charge in [-0.1, -0.05) is 23.4 Å². The summed E-state index contributed by atoms with van der Waals surface area (Å²) >= 11 is 7.05. The molecular formula is C16H13ClN4O2S. The van der Waals surface area contributed by atoms with Crippen molar-refractivity contribution in [3.8, 4) is 0 Å². The monoisotopic (exact) mass is 360 g/mol. The molecule has 24 heavy (non-hydrogen) atoms. The summed E-state index contributed by atoms with van der Waals surface area (Å²) in [5, 5.41) is 10.7. The van der Waals surface area contributed by atoms with Gasteiger partial charge in [-0.2, -0.15) is 0 Å². The lowest BCUT2D eigenvalue weighted by molar-refractivity contribution is -0.113. The molecule has 0 atom stereocenters. The van der Waals surface area contributed by atoms with Crippen molar-refractivity contribution < 1.29 is 9.21 Å². The molecule has 0 saturated carbocycles. The van der Waals surface area contributed by atoms with Crippen molar-refractivity contribution in [1.29, 1.82) is 0 Å². The molecule has 2 heterocycles. The molecule has 3 aromatic rings. The van der Waals surface area contributed by atoms with Gasteiger partial charge in [0, 0.05) is 10.7 Å². The summed E-state index contributed by atoms with van der Waals surface area (Å²) in [5.41, 5.74) is 0.696. The smallest absolute Gasteiger partial charge is 0.234 e. The number of aromatic amines is 1. The number of hydrogen-bond acceptors (Lipinski definition) is 5. The van der Waals surface area contributed by atoms with Crippen LogP contribution in [0, 0.1) is 0 Å². The number of nitrogens with zero attached hydrogens (tertiary/aromatic N) is 2. The number of benzene rings is 1. The predicted octanol–water partition coefficient (Wildman–Crippen LogP) is 3.95. The lowest BCUT2D eigenvalue weighted by Gasteiger charge is -2.03. The van der Waals surface area contributed by atoms with Crippen molar-refractivity contribution in [1.82, 2.24) is 15.2 Å². The largest absolute Gasteiger partial charge is 0.465 e. The van der Waals surface area contributed by atoms with Gasteiger partial charge >= 0.3 is 0 Å². The van der Waals surface area contributed by atoms with E-state index in [4.69, 9.17) is 16.0 Å². The third kappa shape index (κ3) is 4.74. The zero-order chi connectivity index (χ0) is 16.8. The Balaban J connectivity index is 1.49. The van der Waals surface area contributed by atoms with Gasteiger partial charge in [0.2, 0.25) is 11.1 Å². The highest BCUT2D eigenvalue weighted by Crippen LogP contribution is 2.16. The molecule has 1 amide bonds. The van der Waals surface area contributed by atoms with Crippen molar-refractivity contribution in [2.45, 2.75) is 5.16 Å². The third-order valence-electron chi connectivity index (χ3n) is 2.89. The Kier molecular flexibility index (Phi) is 5.35. The van der Waals surface area contributed by atoms with Gasteiger partial charge in [-0.25, -0.2) is 4.98 Å². The molecule has 0 aliphatic carbocycles. The highest BCUT2D eigenvalue weighted by molar-refractivity contribution is 7.99. The molecular weight excluding hydrogens is 348 g/mol. The summed E-state index contributed by atoms with van der Waals surface area (Å²) in [6, 6.07) is 10.6. The van der Waals surface area contributed by atoms with Crippen LogP contribution < -0.4 is 5.32 Å². The minimum absolute atomic E-state index is 0.139. The number of carbonyl (C=O) groups excluding carboxylic acids is 1. The molecule has 2 aromatic heterocycles. The molecule has 0 saturated heterocycles. The maximum Gasteiger partial charge on any atom is 0.234 e. The lowest BCUT2D eigenvalue weighted by atomic mass is 10.3. The number of amides is 1. The van der Waals surface area contributed by atoms with Crippen LogP contribution in [0.25, 0.3) is 12.2 Å². The fourth-order valence-corrected chi connectivity index (χ4v) is 2.54. The Bertz CT molecular complexity index is 828. The van der Waals surface area contributed by atoms with E-state index >= 15 is 0 Å². The Morgan fingerprint density at radius 1 is 1.29 bits per heavy atom. The van der Waals surface area contributed by atoms with Crippen LogP contribution >= 0.6 is 23.4 Å². The zero-order valence-electron chi connectivity index (χ0n) is 12.4. The van der Waals surface area contributed by atoms with E-state index in [0.717, 1.165) is 5.76 Å². The second-order valence-electron chi connectivity index (χ2n) is 4.70. The Morgan fingerprint density at radius 2 is 2.12 bits per heavy atom. The number of rotatable bonds is 6. The van der Waals surface area contributed by atoms with Gasteiger partial charge in [-0.3, -0.25) is 9.89 Å². The molecule has 0 radical (unpaired) electrons. The summed E-state index contributed by atoms with van der Waals surface area (Å²) < 4.78 is 5.19. The van der Waals surface area contributed by atoms with Gasteiger partial charge in [-0.15, -0.1) is 5.10 Å². The molecule has 3 rings (SSSR count). The van der Waals surface area contributed by atoms with Crippen molar-refractivity contribution in [2.24, 2.45) is 0 Å². The van der Waals surface area contributed by atoms with E-state index in [1.807, 2.05) is 6.07 Å². The van der Waals surface area contributed by atoms with Crippen LogP contribution in [0.1, 0.15) is 11.6 Å². The Labute approximate surface area is 147 Å². The fourth-order valence-electron chi connectivity index (χ4n) is 1.80. The van der Waals surface area contributed by atoms with E-state index in [-0.39, 0.29) is 11.7 Å². The number of hydrogen-bond donors (Lipinski definition) is 2. The van der Waals surface area contributed by atoms with E-state index in [9.17, 15) is 4.79 Å². The zero-order valence-corrected chi connectivity index (χ0v) is 14.0. The van der Waals surface area contributed by atoms with Crippen molar-refractivity contribution in [3.05, 3.63) is 59.3 Å². The molecule has 0 aliphatic rings. The number of nitrogens with one attached hydrogen (secondary N) is 2. The number of thioether (sulfide) groups is 1. The standard InChI is InChI=1S/C16H13ClN4O2S/c17-11-3-5-12(6-4-11)18-15(22)10-24-16-19-14(20-21-16)8-7-13-2-1-9-23-13/h1-9H,10H2,(H,18,22)(H,19,20,21)/b8-7+. The molecule has 0 aliphatic heterocycles. The molecule has 122 valence electrons. The molecule has 0 unspecified atom stereocenters. The third-order valence-corrected chi connectivity index (χ3v) is 3.99. The summed E-state index contributed by atoms with van der Waals surface area (Å²) in [5.74, 6) is 1.39. The van der Waals surface area contributed by atoms with Gasteiger partial charge in [0.25, 0.3) is 0 Å². The van der Waals surface area contributed by atoms with Crippen LogP contribution in [0.2, 0.25) is 5.02 Å². The molecule has 0 spiro atoms. The maximum absolute atomic E-state index is 11.9. The molecule has 6 nitrogen and oxygen atoms in total. The van der Waals surface area contributed by atoms with Crippen LogP contribution in [0.15, 0.2) is 52.2 Å². The number of aromatic nitrogens is 3. The van der Waals surface area contributed by atoms with Crippen LogP contribution in [0.5, 0.6) is 0 Å². The number of anilines is 1. The fraction of sp³-hybridized carbons (Fsp3) is 0.0625. The number of halogens is 1. The topological polar surface area (TPSA) is 83.8 Å². The number of carbonyl (C=O) groups is 1. The molecule has 0 bridgehead atoms. The van der Waals surface area contributed by atoms with E-state index in [1.54, 1.807) is 48.7 Å². The normalized spacial score (nSPS) is 11.0. The summed E-state index contributed by atoms with van der Waals surface area (Å²) in [6.45, 7) is 0. The highest BCUT2D eigenvalue weighted by Gasteiger charge is 2.07. The minimum atomic E-state index is -0.139. The maximum atomic E-state index is 11.9. The van der Waals surface area contributed by atoms with E-state index in [0.29, 0.717) is 21.7 Å². The lowest BCUT2D eigenvalue weighted by Crippen LogP contribution is -2.13. The molecule has 2 N–H and O–H groups in total. The van der Waals surface area contributed by atoms with Crippen LogP contribution in [0.3, 0.4) is 0 Å². The van der Waals surface area contributed by atoms with Gasteiger partial charge in [0.05, 0.1) is 12.0 Å². The second kappa shape index (κ2) is 7.85. The first-order valence-corrected chi connectivity index (χ1v) is 8.37. The average Bonchev–Trinajstić information content (AvgIpc) is 3.25. The molecule has 0 fully saturated rings. The molecule has 8 heteroatoms. The van der Waals surface area contributed by atoms with E-state index < -0.39 is 0 Å². The number of furan rings is 1. The predicted molar refractivity (Wildman–Crippen MR) is 94.8 cm³/mol. The van der Waals surface area contributed by atoms with Gasteiger partial charge < -0.3 is 9.73 Å². The first-order chi connectivity index (χ1) is 11.7. The van der Waals surface area contributed by atoms with Crippen LogP contribution in [-0.4, -0.2) is 26.8 Å². The first-order valence-electron chi connectivity index (χ1n) is 7.01. The SMILES string of the molecule is O=C(CSc1n[nH]c(/C=C/c2ccco2)n1)Nc1ccc(Cl)cc1. The van der Waals surface area contributed by atoms with Crippen molar-refractivity contribution in [3.63, 3.8) is 0 Å². The summed E-state index contributed by atoms with van der Waals surface area (Å²) in [4.78, 5) is 16.2. The van der Waals surface area contributed by atoms with Gasteiger partial charge in [0.15, 0.2) is 0 Å². The minimum Gasteiger partial charge on any atom is -0.465 e. The van der Waals surface area contributed by atoms with Crippen LogP contribution in [-0.2, 0) is 4.79 Å². The van der Waals surface area contributed by atoms with E-state index in [1.165, 1.54) is 11.8 Å². The van der Waals surface area contributed by atoms with Crippen molar-refractivity contribution >= 4 is 47.1 Å². The molecule has 1 aromatic carbocycles. The van der Waals surface area contributed by atoms with E-state index in [2.05, 4.69) is 20.5 Å². The summed E-state index contributed by atoms with van der Waals surface area (Å²) in [6.07, 6.45) is 5.13. The Morgan fingerprint density at radius 3 is 2.88 bits per heavy atom. The van der Waals surface area contributed by atoms with Gasteiger partial charge in [0.1, 0.15) is 11.6 Å². The second-order valence-corrected chi connectivity index (χ2v) is 6.07. The highest BCUT2D eigenvalue weighted by atomic mass is 35.5. The Hall–Kier alpha value is -2.51. The summed E-state index contributed by atoms with van der Waals surface area (Å²) in [7, 11) is 0. The van der Waals surface area contributed by atoms with Crippen LogP contribution in [0.4, 0.5) is 5.69 Å². The first kappa shape index (κ1) is 16.4. The van der Waals surface area contributed by atoms with Crippen molar-refractivity contribution in [2.75, 3.05) is 11.1 Å². The quantitative estimate of drug-likeness (QED) is 0.650. The van der Waals surface area contributed by atoms with Gasteiger partial charge in [-0.05, 0) is 48.6 Å². The number of H-pyrrole nitrogens is 1.